The first kappa shape index (κ1) is 30.6. The van der Waals surface area contributed by atoms with Gasteiger partial charge in [0.05, 0.1) is 19.1 Å². The topological polar surface area (TPSA) is 96.0 Å². The number of methoxy groups -OCH3 is 1. The number of nitrogens with one attached hydrogen (secondary N) is 1. The number of anilines is 1. The lowest BCUT2D eigenvalue weighted by Gasteiger charge is -2.34. The summed E-state index contributed by atoms with van der Waals surface area (Å²) in [6, 6.07) is 20.6. The maximum absolute atomic E-state index is 14.7. The van der Waals surface area contributed by atoms with Crippen LogP contribution in [0.15, 0.2) is 78.9 Å². The molecular weight excluding hydrogens is 533 g/mol. The van der Waals surface area contributed by atoms with Crippen molar-refractivity contribution < 1.29 is 27.1 Å². The average Bonchev–Trinajstić information content (AvgIpc) is 2.93. The quantitative estimate of drug-likeness (QED) is 0.334. The van der Waals surface area contributed by atoms with Gasteiger partial charge in [0, 0.05) is 19.0 Å². The van der Waals surface area contributed by atoms with Crippen molar-refractivity contribution in [3.05, 3.63) is 95.8 Å². The lowest BCUT2D eigenvalue weighted by molar-refractivity contribution is -0.140. The van der Waals surface area contributed by atoms with E-state index in [9.17, 15) is 22.4 Å². The Hall–Kier alpha value is -3.92. The van der Waals surface area contributed by atoms with Gasteiger partial charge in [0.15, 0.2) is 0 Å². The molecule has 0 bridgehead atoms. The molecule has 40 heavy (non-hydrogen) atoms. The molecule has 0 heterocycles. The number of carbonyl (C=O) groups excluding carboxylic acids is 2. The van der Waals surface area contributed by atoms with Crippen molar-refractivity contribution in [3.8, 4) is 5.75 Å². The second-order valence-electron chi connectivity index (χ2n) is 9.62. The second kappa shape index (κ2) is 13.9. The Morgan fingerprint density at radius 1 is 0.975 bits per heavy atom. The van der Waals surface area contributed by atoms with Crippen LogP contribution in [0.5, 0.6) is 5.75 Å². The van der Waals surface area contributed by atoms with Gasteiger partial charge in [-0.3, -0.25) is 13.9 Å². The van der Waals surface area contributed by atoms with Crippen LogP contribution in [-0.2, 0) is 32.6 Å². The van der Waals surface area contributed by atoms with E-state index in [1.165, 1.54) is 30.2 Å². The highest BCUT2D eigenvalue weighted by Gasteiger charge is 2.34. The monoisotopic (exact) mass is 569 g/mol. The van der Waals surface area contributed by atoms with Crippen molar-refractivity contribution in [3.63, 3.8) is 0 Å². The number of para-hydroxylation sites is 1. The van der Waals surface area contributed by atoms with Crippen molar-refractivity contribution in [1.29, 1.82) is 0 Å². The van der Waals surface area contributed by atoms with Gasteiger partial charge in [0.1, 0.15) is 24.2 Å². The van der Waals surface area contributed by atoms with Gasteiger partial charge in [-0.2, -0.15) is 0 Å². The van der Waals surface area contributed by atoms with Crippen LogP contribution in [0.2, 0.25) is 0 Å². The standard InChI is InChI=1S/C30H36FN3O5S/c1-5-22(2)32-30(36)28(19-23-12-7-6-8-13-23)33(20-24-14-11-15-25(18-24)39-3)29(35)21-34(40(4,37)38)27-17-10-9-16-26(27)31/h6-18,22,28H,5,19-21H2,1-4H3,(H,32,36)/t22-,28-/m1/s1. The molecule has 0 aliphatic carbocycles. The summed E-state index contributed by atoms with van der Waals surface area (Å²) in [5.74, 6) is -1.24. The van der Waals surface area contributed by atoms with E-state index in [1.54, 1.807) is 24.3 Å². The van der Waals surface area contributed by atoms with Crippen LogP contribution in [0.1, 0.15) is 31.4 Å². The Balaban J connectivity index is 2.08. The fourth-order valence-electron chi connectivity index (χ4n) is 4.21. The summed E-state index contributed by atoms with van der Waals surface area (Å²) in [6.45, 7) is 3.12. The number of ether oxygens (including phenoxy) is 1. The molecule has 0 spiro atoms. The molecule has 0 radical (unpaired) electrons. The molecular formula is C30H36FN3O5S. The van der Waals surface area contributed by atoms with Gasteiger partial charge in [-0.05, 0) is 48.7 Å². The van der Waals surface area contributed by atoms with E-state index in [0.29, 0.717) is 17.7 Å². The highest BCUT2D eigenvalue weighted by atomic mass is 32.2. The summed E-state index contributed by atoms with van der Waals surface area (Å²) in [6.07, 6.45) is 1.79. The highest BCUT2D eigenvalue weighted by Crippen LogP contribution is 2.23. The fourth-order valence-corrected chi connectivity index (χ4v) is 5.06. The van der Waals surface area contributed by atoms with E-state index in [0.717, 1.165) is 22.2 Å². The van der Waals surface area contributed by atoms with Gasteiger partial charge < -0.3 is 15.0 Å². The van der Waals surface area contributed by atoms with Gasteiger partial charge >= 0.3 is 0 Å². The van der Waals surface area contributed by atoms with E-state index in [-0.39, 0.29) is 30.6 Å². The third-order valence-corrected chi connectivity index (χ3v) is 7.69. The van der Waals surface area contributed by atoms with Crippen LogP contribution in [0.4, 0.5) is 10.1 Å². The van der Waals surface area contributed by atoms with E-state index in [2.05, 4.69) is 5.32 Å². The number of hydrogen-bond donors (Lipinski definition) is 1. The summed E-state index contributed by atoms with van der Waals surface area (Å²) < 4.78 is 46.3. The Kier molecular flexibility index (Phi) is 10.7. The van der Waals surface area contributed by atoms with Gasteiger partial charge in [-0.1, -0.05) is 61.5 Å². The predicted octanol–water partition coefficient (Wildman–Crippen LogP) is 4.16. The first-order chi connectivity index (χ1) is 19.0. The smallest absolute Gasteiger partial charge is 0.244 e. The minimum absolute atomic E-state index is 0.00364. The zero-order valence-electron chi connectivity index (χ0n) is 23.2. The van der Waals surface area contributed by atoms with Crippen LogP contribution in [0, 0.1) is 5.82 Å². The largest absolute Gasteiger partial charge is 0.497 e. The number of rotatable bonds is 13. The minimum Gasteiger partial charge on any atom is -0.497 e. The van der Waals surface area contributed by atoms with Crippen LogP contribution in [-0.4, -0.2) is 57.1 Å². The Bertz CT molecular complexity index is 1400. The van der Waals surface area contributed by atoms with E-state index >= 15 is 0 Å². The highest BCUT2D eigenvalue weighted by molar-refractivity contribution is 7.92. The number of hydrogen-bond acceptors (Lipinski definition) is 5. The molecule has 0 fully saturated rings. The fraction of sp³-hybridized carbons (Fsp3) is 0.333. The lowest BCUT2D eigenvalue weighted by atomic mass is 10.0. The summed E-state index contributed by atoms with van der Waals surface area (Å²) in [4.78, 5) is 29.0. The lowest BCUT2D eigenvalue weighted by Crippen LogP contribution is -2.54. The van der Waals surface area contributed by atoms with Gasteiger partial charge in [-0.15, -0.1) is 0 Å². The molecule has 10 heteroatoms. The number of benzene rings is 3. The van der Waals surface area contributed by atoms with Crippen LogP contribution < -0.4 is 14.4 Å². The van der Waals surface area contributed by atoms with E-state index in [1.807, 2.05) is 44.2 Å². The first-order valence-electron chi connectivity index (χ1n) is 13.0. The zero-order chi connectivity index (χ0) is 29.3. The molecule has 0 aromatic heterocycles. The molecule has 0 aliphatic rings. The predicted molar refractivity (Wildman–Crippen MR) is 154 cm³/mol. The second-order valence-corrected chi connectivity index (χ2v) is 11.5. The summed E-state index contributed by atoms with van der Waals surface area (Å²) in [7, 11) is -2.53. The maximum Gasteiger partial charge on any atom is 0.244 e. The van der Waals surface area contributed by atoms with Crippen LogP contribution in [0.3, 0.4) is 0 Å². The van der Waals surface area contributed by atoms with Gasteiger partial charge in [-0.25, -0.2) is 12.8 Å². The number of sulfonamides is 1. The average molecular weight is 570 g/mol. The Morgan fingerprint density at radius 2 is 1.62 bits per heavy atom. The molecule has 8 nitrogen and oxygen atoms in total. The Labute approximate surface area is 235 Å². The molecule has 3 aromatic rings. The summed E-state index contributed by atoms with van der Waals surface area (Å²) in [5, 5.41) is 2.97. The van der Waals surface area contributed by atoms with E-state index in [4.69, 9.17) is 4.74 Å². The normalized spacial score (nSPS) is 12.7. The number of halogens is 1. The van der Waals surface area contributed by atoms with Crippen molar-refractivity contribution >= 4 is 27.5 Å². The van der Waals surface area contributed by atoms with Crippen LogP contribution >= 0.6 is 0 Å². The molecule has 3 aromatic carbocycles. The molecule has 2 atom stereocenters. The molecule has 2 amide bonds. The van der Waals surface area contributed by atoms with Crippen molar-refractivity contribution in [2.75, 3.05) is 24.2 Å². The molecule has 0 unspecified atom stereocenters. The molecule has 3 rings (SSSR count). The van der Waals surface area contributed by atoms with Crippen molar-refractivity contribution in [1.82, 2.24) is 10.2 Å². The van der Waals surface area contributed by atoms with Gasteiger partial charge in [0.25, 0.3) is 0 Å². The SMILES string of the molecule is CC[C@@H](C)NC(=O)[C@@H](Cc1ccccc1)N(Cc1cccc(OC)c1)C(=O)CN(c1ccccc1F)S(C)(=O)=O. The molecule has 1 N–H and O–H groups in total. The van der Waals surface area contributed by atoms with Gasteiger partial charge in [0.2, 0.25) is 21.8 Å². The van der Waals surface area contributed by atoms with Crippen molar-refractivity contribution in [2.45, 2.75) is 45.3 Å². The van der Waals surface area contributed by atoms with Crippen molar-refractivity contribution in [2.24, 2.45) is 0 Å². The molecule has 0 aliphatic heterocycles. The third-order valence-electron chi connectivity index (χ3n) is 6.56. The van der Waals surface area contributed by atoms with E-state index < -0.39 is 34.3 Å². The van der Waals surface area contributed by atoms with Crippen LogP contribution in [0.25, 0.3) is 0 Å². The Morgan fingerprint density at radius 3 is 2.25 bits per heavy atom. The maximum atomic E-state index is 14.7. The third kappa shape index (κ3) is 8.29. The molecule has 0 saturated heterocycles. The molecule has 0 saturated carbocycles. The summed E-state index contributed by atoms with van der Waals surface area (Å²) >= 11 is 0. The zero-order valence-corrected chi connectivity index (χ0v) is 24.0. The first-order valence-corrected chi connectivity index (χ1v) is 14.9. The number of nitrogens with zero attached hydrogens (tertiary/aromatic N) is 2. The number of carbonyl (C=O) groups is 2. The number of amides is 2. The molecule has 214 valence electrons. The minimum atomic E-state index is -4.06. The summed E-state index contributed by atoms with van der Waals surface area (Å²) in [5.41, 5.74) is 1.26.